The van der Waals surface area contributed by atoms with Gasteiger partial charge in [-0.25, -0.2) is 0 Å². The van der Waals surface area contributed by atoms with E-state index >= 15 is 0 Å². The third-order valence-electron chi connectivity index (χ3n) is 3.41. The molecule has 4 nitrogen and oxygen atoms in total. The van der Waals surface area contributed by atoms with E-state index in [2.05, 4.69) is 37.1 Å². The second-order valence-electron chi connectivity index (χ2n) is 5.23. The summed E-state index contributed by atoms with van der Waals surface area (Å²) >= 11 is 0. The number of rotatable bonds is 5. The van der Waals surface area contributed by atoms with Crippen LogP contribution in [0.3, 0.4) is 0 Å². The zero-order chi connectivity index (χ0) is 12.8. The number of nitrogens with zero attached hydrogens (tertiary/aromatic N) is 2. The molecule has 1 heterocycles. The number of nitrogens with one attached hydrogen (secondary N) is 1. The van der Waals surface area contributed by atoms with Gasteiger partial charge in [0.25, 0.3) is 0 Å². The predicted molar refractivity (Wildman–Crippen MR) is 68.7 cm³/mol. The molecule has 0 aromatic rings. The molecule has 3 unspecified atom stereocenters. The van der Waals surface area contributed by atoms with Crippen LogP contribution in [-0.2, 0) is 4.74 Å². The van der Waals surface area contributed by atoms with Gasteiger partial charge < -0.3 is 4.74 Å². The van der Waals surface area contributed by atoms with Gasteiger partial charge in [0.15, 0.2) is 0 Å². The Morgan fingerprint density at radius 2 is 2.24 bits per heavy atom. The molecule has 1 rings (SSSR count). The summed E-state index contributed by atoms with van der Waals surface area (Å²) in [6, 6.07) is 3.12. The number of methoxy groups -OCH3 is 1. The molecule has 1 aliphatic rings. The standard InChI is InChI=1S/C13H25N3O/c1-10(2)15-12(8-14)9-16-6-5-13(17-4)7-11(16)3/h10-13,15H,5-7,9H2,1-4H3. The van der Waals surface area contributed by atoms with E-state index in [1.54, 1.807) is 7.11 Å². The Bertz CT molecular complexity index is 262. The maximum absolute atomic E-state index is 9.13. The lowest BCUT2D eigenvalue weighted by Gasteiger charge is -2.38. The first-order valence-corrected chi connectivity index (χ1v) is 6.49. The van der Waals surface area contributed by atoms with Gasteiger partial charge in [0.2, 0.25) is 0 Å². The fourth-order valence-electron chi connectivity index (χ4n) is 2.43. The summed E-state index contributed by atoms with van der Waals surface area (Å²) < 4.78 is 5.40. The van der Waals surface area contributed by atoms with Crippen LogP contribution in [0.5, 0.6) is 0 Å². The van der Waals surface area contributed by atoms with Crippen molar-refractivity contribution in [2.24, 2.45) is 0 Å². The second kappa shape index (κ2) is 6.95. The van der Waals surface area contributed by atoms with E-state index in [0.29, 0.717) is 18.2 Å². The molecule has 0 bridgehead atoms. The lowest BCUT2D eigenvalue weighted by atomic mass is 10.00. The molecule has 0 saturated carbocycles. The molecule has 3 atom stereocenters. The van der Waals surface area contributed by atoms with E-state index in [1.165, 1.54) is 0 Å². The number of hydrogen-bond donors (Lipinski definition) is 1. The maximum Gasteiger partial charge on any atom is 0.108 e. The lowest BCUT2D eigenvalue weighted by molar-refractivity contribution is 0.0143. The lowest BCUT2D eigenvalue weighted by Crippen LogP contribution is -2.50. The van der Waals surface area contributed by atoms with Gasteiger partial charge in [-0.3, -0.25) is 10.2 Å². The van der Waals surface area contributed by atoms with E-state index < -0.39 is 0 Å². The number of piperidine rings is 1. The summed E-state index contributed by atoms with van der Waals surface area (Å²) in [5.74, 6) is 0. The van der Waals surface area contributed by atoms with E-state index in [0.717, 1.165) is 25.9 Å². The fraction of sp³-hybridized carbons (Fsp3) is 0.923. The number of hydrogen-bond acceptors (Lipinski definition) is 4. The molecule has 1 fully saturated rings. The second-order valence-corrected chi connectivity index (χ2v) is 5.23. The zero-order valence-corrected chi connectivity index (χ0v) is 11.4. The van der Waals surface area contributed by atoms with Crippen molar-refractivity contribution >= 4 is 0 Å². The van der Waals surface area contributed by atoms with Gasteiger partial charge in [-0.05, 0) is 33.6 Å². The smallest absolute Gasteiger partial charge is 0.108 e. The van der Waals surface area contributed by atoms with Crippen molar-refractivity contribution in [3.63, 3.8) is 0 Å². The monoisotopic (exact) mass is 239 g/mol. The Labute approximate surface area is 105 Å². The van der Waals surface area contributed by atoms with Crippen LogP contribution in [0.2, 0.25) is 0 Å². The van der Waals surface area contributed by atoms with Gasteiger partial charge in [-0.1, -0.05) is 0 Å². The highest BCUT2D eigenvalue weighted by atomic mass is 16.5. The van der Waals surface area contributed by atoms with Gasteiger partial charge in [0.05, 0.1) is 12.2 Å². The fourth-order valence-corrected chi connectivity index (χ4v) is 2.43. The van der Waals surface area contributed by atoms with Crippen molar-refractivity contribution < 1.29 is 4.74 Å². The summed E-state index contributed by atoms with van der Waals surface area (Å²) in [6.07, 6.45) is 2.52. The van der Waals surface area contributed by atoms with Crippen LogP contribution in [0.4, 0.5) is 0 Å². The van der Waals surface area contributed by atoms with Crippen molar-refractivity contribution in [2.75, 3.05) is 20.2 Å². The Morgan fingerprint density at radius 1 is 1.53 bits per heavy atom. The summed E-state index contributed by atoms with van der Waals surface area (Å²) in [4.78, 5) is 2.39. The number of ether oxygens (including phenoxy) is 1. The van der Waals surface area contributed by atoms with Crippen LogP contribution in [0.1, 0.15) is 33.6 Å². The highest BCUT2D eigenvalue weighted by Crippen LogP contribution is 2.19. The van der Waals surface area contributed by atoms with Crippen molar-refractivity contribution in [3.05, 3.63) is 0 Å². The largest absolute Gasteiger partial charge is 0.381 e. The summed E-state index contributed by atoms with van der Waals surface area (Å²) in [5, 5.41) is 12.4. The van der Waals surface area contributed by atoms with Gasteiger partial charge in [-0.2, -0.15) is 5.26 Å². The van der Waals surface area contributed by atoms with Crippen LogP contribution in [0.25, 0.3) is 0 Å². The highest BCUT2D eigenvalue weighted by Gasteiger charge is 2.27. The average molecular weight is 239 g/mol. The van der Waals surface area contributed by atoms with Gasteiger partial charge in [0, 0.05) is 32.3 Å². The summed E-state index contributed by atoms with van der Waals surface area (Å²) in [6.45, 7) is 8.20. The van der Waals surface area contributed by atoms with Crippen molar-refractivity contribution in [2.45, 2.75) is 57.8 Å². The van der Waals surface area contributed by atoms with E-state index in [1.807, 2.05) is 0 Å². The van der Waals surface area contributed by atoms with Crippen LogP contribution in [0.15, 0.2) is 0 Å². The maximum atomic E-state index is 9.13. The first-order chi connectivity index (χ1) is 8.06. The molecule has 0 aromatic heterocycles. The van der Waals surface area contributed by atoms with E-state index in [4.69, 9.17) is 10.00 Å². The van der Waals surface area contributed by atoms with Crippen molar-refractivity contribution in [3.8, 4) is 6.07 Å². The van der Waals surface area contributed by atoms with Gasteiger partial charge in [0.1, 0.15) is 6.04 Å². The summed E-state index contributed by atoms with van der Waals surface area (Å²) in [5.41, 5.74) is 0. The van der Waals surface area contributed by atoms with Gasteiger partial charge >= 0.3 is 0 Å². The van der Waals surface area contributed by atoms with Crippen molar-refractivity contribution in [1.82, 2.24) is 10.2 Å². The summed E-state index contributed by atoms with van der Waals surface area (Å²) in [7, 11) is 1.78. The minimum Gasteiger partial charge on any atom is -0.381 e. The molecule has 0 radical (unpaired) electrons. The third kappa shape index (κ3) is 4.63. The van der Waals surface area contributed by atoms with E-state index in [-0.39, 0.29) is 6.04 Å². The highest BCUT2D eigenvalue weighted by molar-refractivity contribution is 4.95. The molecule has 1 aliphatic heterocycles. The Morgan fingerprint density at radius 3 is 2.71 bits per heavy atom. The molecular formula is C13H25N3O. The molecule has 0 aromatic carbocycles. The SMILES string of the molecule is COC1CCN(CC(C#N)NC(C)C)C(C)C1. The third-order valence-corrected chi connectivity index (χ3v) is 3.41. The Hall–Kier alpha value is -0.630. The molecule has 98 valence electrons. The van der Waals surface area contributed by atoms with Crippen LogP contribution < -0.4 is 5.32 Å². The van der Waals surface area contributed by atoms with Crippen LogP contribution in [-0.4, -0.2) is 49.3 Å². The molecule has 1 saturated heterocycles. The Kier molecular flexibility index (Phi) is 5.90. The zero-order valence-electron chi connectivity index (χ0n) is 11.4. The number of likely N-dealkylation sites (tertiary alicyclic amines) is 1. The molecule has 0 amide bonds. The molecule has 17 heavy (non-hydrogen) atoms. The van der Waals surface area contributed by atoms with Crippen LogP contribution in [0, 0.1) is 11.3 Å². The minimum atomic E-state index is -0.0726. The first-order valence-electron chi connectivity index (χ1n) is 6.49. The average Bonchev–Trinajstić information content (AvgIpc) is 2.29. The van der Waals surface area contributed by atoms with E-state index in [9.17, 15) is 0 Å². The minimum absolute atomic E-state index is 0.0726. The van der Waals surface area contributed by atoms with Crippen LogP contribution >= 0.6 is 0 Å². The quantitative estimate of drug-likeness (QED) is 0.787. The normalized spacial score (nSPS) is 28.0. The van der Waals surface area contributed by atoms with Gasteiger partial charge in [-0.15, -0.1) is 0 Å². The molecule has 4 heteroatoms. The van der Waals surface area contributed by atoms with Crippen molar-refractivity contribution in [1.29, 1.82) is 5.26 Å². The number of nitriles is 1. The molecule has 1 N–H and O–H groups in total. The molecular weight excluding hydrogens is 214 g/mol. The first kappa shape index (κ1) is 14.4. The molecule has 0 aliphatic carbocycles. The molecule has 0 spiro atoms. The predicted octanol–water partition coefficient (Wildman–Crippen LogP) is 1.38. The Balaban J connectivity index is 2.43. The topological polar surface area (TPSA) is 48.3 Å².